The Morgan fingerprint density at radius 2 is 1.39 bits per heavy atom. The third-order valence-corrected chi connectivity index (χ3v) is 6.70. The van der Waals surface area contributed by atoms with Gasteiger partial charge in [0.25, 0.3) is 0 Å². The Morgan fingerprint density at radius 3 is 1.87 bits per heavy atom. The molecule has 0 N–H and O–H groups in total. The largest absolute Gasteiger partial charge is 0.293 e. The van der Waals surface area contributed by atoms with Gasteiger partial charge in [-0.1, -0.05) is 20.8 Å². The number of hydrogen-bond acceptors (Lipinski definition) is 3. The summed E-state index contributed by atoms with van der Waals surface area (Å²) in [6, 6.07) is 1.58. The Bertz CT molecular complexity index is 398. The second-order valence-corrected chi connectivity index (χ2v) is 10.4. The summed E-state index contributed by atoms with van der Waals surface area (Å²) in [5.74, 6) is 0.910. The van der Waals surface area contributed by atoms with Crippen LogP contribution in [0.3, 0.4) is 0 Å². The van der Waals surface area contributed by atoms with Gasteiger partial charge < -0.3 is 0 Å². The van der Waals surface area contributed by atoms with Gasteiger partial charge in [0.15, 0.2) is 0 Å². The number of likely N-dealkylation sites (tertiary alicyclic amines) is 1. The minimum Gasteiger partial charge on any atom is -0.293 e. The maximum atomic E-state index is 2.80. The molecule has 0 aliphatic carbocycles. The molecular formula is C20H39N3. The van der Waals surface area contributed by atoms with Crippen LogP contribution in [-0.4, -0.2) is 65.2 Å². The highest BCUT2D eigenvalue weighted by Crippen LogP contribution is 2.36. The first-order valence-corrected chi connectivity index (χ1v) is 9.88. The van der Waals surface area contributed by atoms with Crippen LogP contribution in [0.25, 0.3) is 0 Å². The molecule has 3 nitrogen and oxygen atoms in total. The highest BCUT2D eigenvalue weighted by atomic mass is 15.4. The van der Waals surface area contributed by atoms with E-state index in [0.717, 1.165) is 18.0 Å². The SMILES string of the molecule is CC(C)(C)C1CCN(CN2CC3CCC2CN3C(C)(C)C)CC1. The molecule has 4 aliphatic heterocycles. The first-order valence-electron chi connectivity index (χ1n) is 9.88. The van der Waals surface area contributed by atoms with Crippen LogP contribution in [0.4, 0.5) is 0 Å². The Morgan fingerprint density at radius 1 is 0.783 bits per heavy atom. The van der Waals surface area contributed by atoms with E-state index in [1.54, 1.807) is 0 Å². The normalized spacial score (nSPS) is 32.6. The molecule has 0 radical (unpaired) electrons. The summed E-state index contributed by atoms with van der Waals surface area (Å²) in [5.41, 5.74) is 0.823. The van der Waals surface area contributed by atoms with Gasteiger partial charge in [0.2, 0.25) is 0 Å². The van der Waals surface area contributed by atoms with E-state index in [4.69, 9.17) is 0 Å². The van der Waals surface area contributed by atoms with Gasteiger partial charge >= 0.3 is 0 Å². The van der Waals surface area contributed by atoms with Crippen LogP contribution >= 0.6 is 0 Å². The van der Waals surface area contributed by atoms with E-state index in [-0.39, 0.29) is 0 Å². The van der Waals surface area contributed by atoms with Gasteiger partial charge in [-0.3, -0.25) is 14.7 Å². The van der Waals surface area contributed by atoms with E-state index in [9.17, 15) is 0 Å². The molecule has 4 aliphatic rings. The van der Waals surface area contributed by atoms with Crippen molar-refractivity contribution in [1.29, 1.82) is 0 Å². The predicted molar refractivity (Wildman–Crippen MR) is 98.6 cm³/mol. The van der Waals surface area contributed by atoms with Crippen molar-refractivity contribution in [3.63, 3.8) is 0 Å². The van der Waals surface area contributed by atoms with Crippen LogP contribution in [0.5, 0.6) is 0 Å². The van der Waals surface area contributed by atoms with Crippen molar-refractivity contribution < 1.29 is 0 Å². The molecule has 2 unspecified atom stereocenters. The average molecular weight is 322 g/mol. The number of piperazine rings is 1. The third kappa shape index (κ3) is 3.93. The molecule has 0 saturated carbocycles. The van der Waals surface area contributed by atoms with Gasteiger partial charge in [-0.15, -0.1) is 0 Å². The van der Waals surface area contributed by atoms with Crippen molar-refractivity contribution in [2.75, 3.05) is 32.8 Å². The Hall–Kier alpha value is -0.120. The molecule has 0 aromatic carbocycles. The quantitative estimate of drug-likeness (QED) is 0.769. The molecule has 0 amide bonds. The van der Waals surface area contributed by atoms with Gasteiger partial charge in [-0.2, -0.15) is 0 Å². The van der Waals surface area contributed by atoms with Crippen LogP contribution in [0, 0.1) is 11.3 Å². The molecule has 3 heteroatoms. The predicted octanol–water partition coefficient (Wildman–Crippen LogP) is 3.65. The summed E-state index contributed by atoms with van der Waals surface area (Å²) in [6.07, 6.45) is 5.60. The first-order chi connectivity index (χ1) is 10.6. The van der Waals surface area contributed by atoms with Gasteiger partial charge in [-0.25, -0.2) is 0 Å². The second-order valence-electron chi connectivity index (χ2n) is 10.4. The number of rotatable bonds is 2. The Labute approximate surface area is 144 Å². The maximum absolute atomic E-state index is 2.80. The highest BCUT2D eigenvalue weighted by Gasteiger charge is 2.43. The third-order valence-electron chi connectivity index (χ3n) is 6.70. The van der Waals surface area contributed by atoms with Crippen LogP contribution < -0.4 is 0 Å². The zero-order chi connectivity index (χ0) is 16.8. The van der Waals surface area contributed by atoms with Crippen LogP contribution in [0.2, 0.25) is 0 Å². The van der Waals surface area contributed by atoms with Gasteiger partial charge in [0.05, 0.1) is 6.67 Å². The lowest BCUT2D eigenvalue weighted by atomic mass is 9.75. The van der Waals surface area contributed by atoms with Crippen LogP contribution in [-0.2, 0) is 0 Å². The lowest BCUT2D eigenvalue weighted by Gasteiger charge is -2.56. The molecule has 4 fully saturated rings. The van der Waals surface area contributed by atoms with E-state index in [1.807, 2.05) is 0 Å². The maximum Gasteiger partial charge on any atom is 0.0510 e. The Kier molecular flexibility index (Phi) is 4.85. The van der Waals surface area contributed by atoms with Crippen LogP contribution in [0.1, 0.15) is 67.2 Å². The summed E-state index contributed by atoms with van der Waals surface area (Å²) in [4.78, 5) is 8.29. The molecule has 4 saturated heterocycles. The van der Waals surface area contributed by atoms with Crippen molar-refractivity contribution in [2.45, 2.75) is 84.8 Å². The molecular weight excluding hydrogens is 282 g/mol. The van der Waals surface area contributed by atoms with Gasteiger partial charge in [0, 0.05) is 30.7 Å². The van der Waals surface area contributed by atoms with E-state index < -0.39 is 0 Å². The topological polar surface area (TPSA) is 9.72 Å². The van der Waals surface area contributed by atoms with E-state index in [1.165, 1.54) is 58.5 Å². The number of piperidine rings is 3. The fourth-order valence-corrected chi connectivity index (χ4v) is 5.11. The summed E-state index contributed by atoms with van der Waals surface area (Å²) in [7, 11) is 0. The number of hydrogen-bond donors (Lipinski definition) is 0. The summed E-state index contributed by atoms with van der Waals surface area (Å²) >= 11 is 0. The average Bonchev–Trinajstić information content (AvgIpc) is 2.46. The highest BCUT2D eigenvalue weighted by molar-refractivity contribution is 4.99. The Balaban J connectivity index is 1.52. The second kappa shape index (κ2) is 6.31. The molecule has 23 heavy (non-hydrogen) atoms. The number of fused-ring (bicyclic) bond motifs is 3. The zero-order valence-corrected chi connectivity index (χ0v) is 16.4. The fourth-order valence-electron chi connectivity index (χ4n) is 5.11. The van der Waals surface area contributed by atoms with Crippen molar-refractivity contribution in [3.8, 4) is 0 Å². The fraction of sp³-hybridized carbons (Fsp3) is 1.00. The summed E-state index contributed by atoms with van der Waals surface area (Å²) in [6.45, 7) is 20.8. The molecule has 4 rings (SSSR count). The smallest absolute Gasteiger partial charge is 0.0510 e. The molecule has 2 bridgehead atoms. The van der Waals surface area contributed by atoms with Crippen molar-refractivity contribution >= 4 is 0 Å². The van der Waals surface area contributed by atoms with Crippen molar-refractivity contribution in [3.05, 3.63) is 0 Å². The van der Waals surface area contributed by atoms with Gasteiger partial charge in [0.1, 0.15) is 0 Å². The van der Waals surface area contributed by atoms with Crippen molar-refractivity contribution in [2.24, 2.45) is 11.3 Å². The van der Waals surface area contributed by atoms with E-state index >= 15 is 0 Å². The first kappa shape index (κ1) is 17.7. The standard InChI is InChI=1S/C20H39N3/c1-19(2,3)16-9-11-21(12-10-16)15-22-13-18-8-7-17(22)14-23(18)20(4,5)6/h16-18H,7-15H2,1-6H3. The van der Waals surface area contributed by atoms with Crippen LogP contribution in [0.15, 0.2) is 0 Å². The summed E-state index contributed by atoms with van der Waals surface area (Å²) < 4.78 is 0. The lowest BCUT2D eigenvalue weighted by Crippen LogP contribution is -2.67. The molecule has 2 atom stereocenters. The molecule has 0 aromatic heterocycles. The minimum absolute atomic E-state index is 0.334. The monoisotopic (exact) mass is 321 g/mol. The molecule has 0 aromatic rings. The summed E-state index contributed by atoms with van der Waals surface area (Å²) in [5, 5.41) is 0. The minimum atomic E-state index is 0.334. The zero-order valence-electron chi connectivity index (χ0n) is 16.4. The van der Waals surface area contributed by atoms with Crippen molar-refractivity contribution in [1.82, 2.24) is 14.7 Å². The molecule has 4 heterocycles. The molecule has 134 valence electrons. The number of nitrogens with zero attached hydrogens (tertiary/aromatic N) is 3. The van der Waals surface area contributed by atoms with E-state index in [0.29, 0.717) is 11.0 Å². The van der Waals surface area contributed by atoms with E-state index in [2.05, 4.69) is 56.2 Å². The lowest BCUT2D eigenvalue weighted by molar-refractivity contribution is -0.0839. The molecule has 0 spiro atoms. The van der Waals surface area contributed by atoms with Gasteiger partial charge in [-0.05, 0) is 70.9 Å².